The Morgan fingerprint density at radius 1 is 1.32 bits per heavy atom. The van der Waals surface area contributed by atoms with E-state index in [1.54, 1.807) is 18.3 Å². The fourth-order valence-electron chi connectivity index (χ4n) is 1.72. The molecule has 0 atom stereocenters. The molecule has 100 valence electrons. The van der Waals surface area contributed by atoms with Gasteiger partial charge in [-0.2, -0.15) is 0 Å². The summed E-state index contributed by atoms with van der Waals surface area (Å²) in [5, 5.41) is 3.08. The van der Waals surface area contributed by atoms with Gasteiger partial charge < -0.3 is 10.1 Å². The van der Waals surface area contributed by atoms with E-state index in [2.05, 4.69) is 10.3 Å². The minimum Gasteiger partial charge on any atom is -0.436 e. The SMILES string of the molecule is CCNCc1ccnc(Oc2cccc(C)c2)c1F. The summed E-state index contributed by atoms with van der Waals surface area (Å²) in [5.74, 6) is 0.193. The van der Waals surface area contributed by atoms with Gasteiger partial charge in [0.2, 0.25) is 0 Å². The van der Waals surface area contributed by atoms with Gasteiger partial charge in [-0.3, -0.25) is 0 Å². The summed E-state index contributed by atoms with van der Waals surface area (Å²) in [6.45, 7) is 5.19. The van der Waals surface area contributed by atoms with Gasteiger partial charge >= 0.3 is 0 Å². The zero-order chi connectivity index (χ0) is 13.7. The third kappa shape index (κ3) is 3.51. The number of aromatic nitrogens is 1. The normalized spacial score (nSPS) is 10.5. The summed E-state index contributed by atoms with van der Waals surface area (Å²) in [4.78, 5) is 3.95. The van der Waals surface area contributed by atoms with E-state index in [1.807, 2.05) is 32.0 Å². The summed E-state index contributed by atoms with van der Waals surface area (Å²) in [6.07, 6.45) is 1.56. The highest BCUT2D eigenvalue weighted by atomic mass is 19.1. The Kier molecular flexibility index (Phi) is 4.47. The molecular weight excluding hydrogens is 243 g/mol. The molecule has 19 heavy (non-hydrogen) atoms. The molecule has 3 nitrogen and oxygen atoms in total. The molecule has 0 aliphatic heterocycles. The summed E-state index contributed by atoms with van der Waals surface area (Å²) >= 11 is 0. The number of rotatable bonds is 5. The summed E-state index contributed by atoms with van der Waals surface area (Å²) in [6, 6.07) is 9.10. The maximum Gasteiger partial charge on any atom is 0.256 e. The molecule has 1 aromatic heterocycles. The van der Waals surface area contributed by atoms with Crippen molar-refractivity contribution in [3.05, 3.63) is 53.5 Å². The van der Waals surface area contributed by atoms with Crippen LogP contribution in [0.4, 0.5) is 4.39 Å². The van der Waals surface area contributed by atoms with E-state index < -0.39 is 5.82 Å². The van der Waals surface area contributed by atoms with Crippen molar-refractivity contribution in [2.24, 2.45) is 0 Å². The van der Waals surface area contributed by atoms with Gasteiger partial charge in [0.1, 0.15) is 5.75 Å². The average Bonchev–Trinajstić information content (AvgIpc) is 2.40. The molecule has 0 amide bonds. The van der Waals surface area contributed by atoms with Gasteiger partial charge in [0.05, 0.1) is 0 Å². The summed E-state index contributed by atoms with van der Waals surface area (Å²) in [7, 11) is 0. The van der Waals surface area contributed by atoms with E-state index >= 15 is 0 Å². The van der Waals surface area contributed by atoms with Gasteiger partial charge in [-0.1, -0.05) is 19.1 Å². The van der Waals surface area contributed by atoms with Crippen molar-refractivity contribution < 1.29 is 9.13 Å². The third-order valence-corrected chi connectivity index (χ3v) is 2.71. The molecule has 4 heteroatoms. The van der Waals surface area contributed by atoms with Crippen molar-refractivity contribution in [2.75, 3.05) is 6.54 Å². The molecule has 0 bridgehead atoms. The van der Waals surface area contributed by atoms with Crippen LogP contribution in [-0.2, 0) is 6.54 Å². The van der Waals surface area contributed by atoms with Gasteiger partial charge in [0, 0.05) is 18.3 Å². The Hall–Kier alpha value is -1.94. The molecule has 2 aromatic rings. The highest BCUT2D eigenvalue weighted by Gasteiger charge is 2.11. The molecule has 0 fully saturated rings. The lowest BCUT2D eigenvalue weighted by molar-refractivity contribution is 0.417. The molecule has 0 aliphatic rings. The minimum atomic E-state index is -0.412. The van der Waals surface area contributed by atoms with Crippen LogP contribution in [0.15, 0.2) is 36.5 Å². The standard InChI is InChI=1S/C15H17FN2O/c1-3-17-10-12-7-8-18-15(14(12)16)19-13-6-4-5-11(2)9-13/h4-9,17H,3,10H2,1-2H3. The van der Waals surface area contributed by atoms with Crippen LogP contribution in [-0.4, -0.2) is 11.5 Å². The molecule has 1 N–H and O–H groups in total. The highest BCUT2D eigenvalue weighted by molar-refractivity contribution is 5.32. The molecular formula is C15H17FN2O. The average molecular weight is 260 g/mol. The molecule has 0 saturated carbocycles. The second-order valence-electron chi connectivity index (χ2n) is 4.29. The molecule has 0 saturated heterocycles. The Bertz CT molecular complexity index is 558. The zero-order valence-electron chi connectivity index (χ0n) is 11.1. The number of hydrogen-bond donors (Lipinski definition) is 1. The van der Waals surface area contributed by atoms with E-state index in [0.717, 1.165) is 12.1 Å². The maximum absolute atomic E-state index is 14.2. The number of hydrogen-bond acceptors (Lipinski definition) is 3. The van der Waals surface area contributed by atoms with Crippen molar-refractivity contribution in [3.8, 4) is 11.6 Å². The van der Waals surface area contributed by atoms with E-state index in [0.29, 0.717) is 17.9 Å². The Morgan fingerprint density at radius 2 is 2.16 bits per heavy atom. The number of pyridine rings is 1. The van der Waals surface area contributed by atoms with Crippen molar-refractivity contribution in [1.82, 2.24) is 10.3 Å². The lowest BCUT2D eigenvalue weighted by atomic mass is 10.2. The third-order valence-electron chi connectivity index (χ3n) is 2.71. The van der Waals surface area contributed by atoms with Crippen molar-refractivity contribution in [2.45, 2.75) is 20.4 Å². The lowest BCUT2D eigenvalue weighted by Crippen LogP contribution is -2.13. The van der Waals surface area contributed by atoms with Crippen LogP contribution >= 0.6 is 0 Å². The quantitative estimate of drug-likeness (QED) is 0.894. The van der Waals surface area contributed by atoms with E-state index in [4.69, 9.17) is 4.74 Å². The molecule has 0 aliphatic carbocycles. The predicted molar refractivity (Wildman–Crippen MR) is 72.8 cm³/mol. The Labute approximate surface area is 112 Å². The van der Waals surface area contributed by atoms with Gasteiger partial charge in [0.15, 0.2) is 5.82 Å². The van der Waals surface area contributed by atoms with E-state index in [-0.39, 0.29) is 5.88 Å². The van der Waals surface area contributed by atoms with Crippen LogP contribution in [0.25, 0.3) is 0 Å². The van der Waals surface area contributed by atoms with Crippen LogP contribution < -0.4 is 10.1 Å². The Morgan fingerprint density at radius 3 is 2.89 bits per heavy atom. The molecule has 0 spiro atoms. The molecule has 2 rings (SSSR count). The van der Waals surface area contributed by atoms with Crippen LogP contribution in [0, 0.1) is 12.7 Å². The molecule has 0 unspecified atom stereocenters. The predicted octanol–water partition coefficient (Wildman–Crippen LogP) is 3.43. The van der Waals surface area contributed by atoms with Crippen LogP contribution in [0.3, 0.4) is 0 Å². The first-order chi connectivity index (χ1) is 9.20. The number of aryl methyl sites for hydroxylation is 1. The Balaban J connectivity index is 2.20. The topological polar surface area (TPSA) is 34.2 Å². The fourth-order valence-corrected chi connectivity index (χ4v) is 1.72. The van der Waals surface area contributed by atoms with Gasteiger partial charge in [-0.05, 0) is 37.2 Å². The first-order valence-corrected chi connectivity index (χ1v) is 6.29. The first-order valence-electron chi connectivity index (χ1n) is 6.29. The number of nitrogens with zero attached hydrogens (tertiary/aromatic N) is 1. The zero-order valence-corrected chi connectivity index (χ0v) is 11.1. The molecule has 0 radical (unpaired) electrons. The monoisotopic (exact) mass is 260 g/mol. The molecule has 1 aromatic carbocycles. The number of ether oxygens (including phenoxy) is 1. The van der Waals surface area contributed by atoms with Crippen LogP contribution in [0.1, 0.15) is 18.1 Å². The fraction of sp³-hybridized carbons (Fsp3) is 0.267. The second-order valence-corrected chi connectivity index (χ2v) is 4.29. The second kappa shape index (κ2) is 6.29. The number of nitrogens with one attached hydrogen (secondary N) is 1. The van der Waals surface area contributed by atoms with E-state index in [9.17, 15) is 4.39 Å². The van der Waals surface area contributed by atoms with Gasteiger partial charge in [0.25, 0.3) is 5.88 Å². The minimum absolute atomic E-state index is 0.0148. The van der Waals surface area contributed by atoms with Crippen LogP contribution in [0.5, 0.6) is 11.6 Å². The number of halogens is 1. The summed E-state index contributed by atoms with van der Waals surface area (Å²) < 4.78 is 19.7. The van der Waals surface area contributed by atoms with Crippen molar-refractivity contribution in [1.29, 1.82) is 0 Å². The smallest absolute Gasteiger partial charge is 0.256 e. The van der Waals surface area contributed by atoms with Gasteiger partial charge in [-0.25, -0.2) is 9.37 Å². The first kappa shape index (κ1) is 13.5. The van der Waals surface area contributed by atoms with Crippen LogP contribution in [0.2, 0.25) is 0 Å². The summed E-state index contributed by atoms with van der Waals surface area (Å²) in [5.41, 5.74) is 1.61. The maximum atomic E-state index is 14.2. The highest BCUT2D eigenvalue weighted by Crippen LogP contribution is 2.24. The van der Waals surface area contributed by atoms with Crippen molar-refractivity contribution in [3.63, 3.8) is 0 Å². The number of benzene rings is 1. The van der Waals surface area contributed by atoms with Crippen molar-refractivity contribution >= 4 is 0 Å². The van der Waals surface area contributed by atoms with Gasteiger partial charge in [-0.15, -0.1) is 0 Å². The largest absolute Gasteiger partial charge is 0.436 e. The van der Waals surface area contributed by atoms with E-state index in [1.165, 1.54) is 0 Å². The lowest BCUT2D eigenvalue weighted by Gasteiger charge is -2.09. The molecule has 1 heterocycles.